The summed E-state index contributed by atoms with van der Waals surface area (Å²) in [4.78, 5) is 64.4. The van der Waals surface area contributed by atoms with Crippen LogP contribution in [0.3, 0.4) is 0 Å². The summed E-state index contributed by atoms with van der Waals surface area (Å²) in [5, 5.41) is 38.1. The van der Waals surface area contributed by atoms with Crippen molar-refractivity contribution in [3.05, 3.63) is 166 Å². The van der Waals surface area contributed by atoms with Crippen molar-refractivity contribution in [3.8, 4) is 69.2 Å². The molecule has 2 amide bonds. The number of nitrogens with zero attached hydrogens (tertiary/aromatic N) is 17. The molecule has 36 heteroatoms. The number of aromatic nitrogens is 6. The van der Waals surface area contributed by atoms with Gasteiger partial charge in [-0.3, -0.25) is 0 Å². The second kappa shape index (κ2) is 41.2. The summed E-state index contributed by atoms with van der Waals surface area (Å²) in [7, 11) is 0. The molecule has 0 radical (unpaired) electrons. The summed E-state index contributed by atoms with van der Waals surface area (Å²) >= 11 is 5.71. The number of hydrogen-bond acceptors (Lipinski definition) is 26. The number of anilines is 11. The highest BCUT2D eigenvalue weighted by molar-refractivity contribution is 6.28. The van der Waals surface area contributed by atoms with Crippen molar-refractivity contribution in [2.45, 2.75) is 120 Å². The van der Waals surface area contributed by atoms with E-state index in [1.165, 1.54) is 18.2 Å². The van der Waals surface area contributed by atoms with Crippen LogP contribution in [0.4, 0.5) is 99.0 Å². The Kier molecular flexibility index (Phi) is 31.2. The van der Waals surface area contributed by atoms with Crippen LogP contribution in [-0.4, -0.2) is 199 Å². The van der Waals surface area contributed by atoms with Crippen molar-refractivity contribution in [1.82, 2.24) is 45.0 Å². The Labute approximate surface area is 735 Å². The zero-order valence-electron chi connectivity index (χ0n) is 70.9. The minimum Gasteiger partial charge on any atom is -0.486 e. The molecule has 0 bridgehead atoms. The number of nitrogens with one attached hydrogen (secondary N) is 3. The molecule has 15 rings (SSSR count). The fraction of sp³-hybridized carbons (Fsp3) is 0.404. The van der Waals surface area contributed by atoms with Crippen LogP contribution in [0.2, 0.25) is 5.28 Å². The molecule has 0 saturated carbocycles. The van der Waals surface area contributed by atoms with E-state index in [-0.39, 0.29) is 113 Å². The Morgan fingerprint density at radius 3 is 1.13 bits per heavy atom. The third-order valence-corrected chi connectivity index (χ3v) is 20.7. The van der Waals surface area contributed by atoms with Crippen molar-refractivity contribution in [2.24, 2.45) is 0 Å². The third kappa shape index (κ3) is 23.2. The van der Waals surface area contributed by atoms with Gasteiger partial charge in [0.2, 0.25) is 17.2 Å². The molecule has 9 heterocycles. The summed E-state index contributed by atoms with van der Waals surface area (Å²) in [6, 6.07) is 31.7. The average molecular weight is 1760 g/mol. The van der Waals surface area contributed by atoms with E-state index in [1.54, 1.807) is 58.3 Å². The average Bonchev–Trinajstić information content (AvgIpc) is 0.779. The van der Waals surface area contributed by atoms with Crippen LogP contribution in [0.5, 0.6) is 17.2 Å². The van der Waals surface area contributed by atoms with E-state index >= 15 is 4.39 Å². The lowest BCUT2D eigenvalue weighted by atomic mass is 10.1. The number of nitriles is 3. The molecule has 125 heavy (non-hydrogen) atoms. The van der Waals surface area contributed by atoms with E-state index in [4.69, 9.17) is 41.0 Å². The van der Waals surface area contributed by atoms with Crippen molar-refractivity contribution in [1.29, 1.82) is 15.8 Å². The first-order chi connectivity index (χ1) is 58.6. The Balaban J connectivity index is 0.000000180. The molecule has 0 atom stereocenters. The summed E-state index contributed by atoms with van der Waals surface area (Å²) in [6.45, 7) is 33.9. The zero-order valence-corrected chi connectivity index (χ0v) is 72.5. The highest BCUT2D eigenvalue weighted by Gasteiger charge is 2.33. The topological polar surface area (TPSA) is 317 Å². The van der Waals surface area contributed by atoms with E-state index < -0.39 is 46.1 Å². The normalized spacial score (nSPS) is 14.8. The van der Waals surface area contributed by atoms with Crippen LogP contribution < -0.4 is 65.3 Å². The van der Waals surface area contributed by atoms with Crippen LogP contribution in [0.25, 0.3) is 33.8 Å². The third-order valence-electron chi connectivity index (χ3n) is 20.5. The van der Waals surface area contributed by atoms with Crippen molar-refractivity contribution >= 4 is 99.3 Å². The van der Waals surface area contributed by atoms with Gasteiger partial charge < -0.3 is 84.6 Å². The van der Waals surface area contributed by atoms with Gasteiger partial charge in [-0.05, 0) is 186 Å². The van der Waals surface area contributed by atoms with Gasteiger partial charge in [-0.2, -0.15) is 15.8 Å². The number of hydrogen-bond donors (Lipinski definition) is 4. The quantitative estimate of drug-likeness (QED) is 0.0473. The highest BCUT2D eigenvalue weighted by Crippen LogP contribution is 2.44. The first kappa shape index (κ1) is 94.5. The van der Waals surface area contributed by atoms with Crippen molar-refractivity contribution in [2.75, 3.05) is 164 Å². The molecule has 6 aliphatic rings. The molecule has 3 saturated heterocycles. The lowest BCUT2D eigenvalue weighted by Crippen LogP contribution is -2.50. The Bertz CT molecular complexity index is 5490. The summed E-state index contributed by atoms with van der Waals surface area (Å²) in [5.74, 6) is -3.00. The maximum absolute atomic E-state index is 15.0. The predicted molar refractivity (Wildman–Crippen MR) is 475 cm³/mol. The molecule has 5 N–H and O–H groups in total. The standard InChI is InChI=1S/C31H35F2N7O3.C26H27F2N7O.C16H22N4O2.C15H14ClF2N3O.CH4.ClH/c1-19(2)40-12-13-42-28-23(32)15-20(16-26(28)40)27-24(33)18-35-29(37-27)36-22-6-7-25(21(14-22)17-34)38-8-10-39(11-9-38)30(41)43-31(3,4)5;1-16(2)35-9-10-36-25-20(27)12-17(13-23(25)35)24-21(28)15-31-26(33-24)32-19-3-4-22(18(11-19)14-29)34-7-5-30-6-8-34;1-16(2,3)22-15(21)20-8-6-19(7-9-20)14-5-4-13(18)10-12(14)11-17;1-8(2)21-3-4-22-14-10(17)5-9(6-12(14)21)13-11(18)7-19-15(16)20-13;;/h6-7,14-16,18-19H,8-13H2,1-5H3,(H,35,36,37);3-4,11-13,15-16,30H,5-10H2,1-2H3,(H,31,32,33);4-5,10H,6-9,18H2,1-3H3;5-8H,3-4H2,1-2H3;1H4;1H. The number of rotatable bonds is 13. The van der Waals surface area contributed by atoms with Crippen LogP contribution in [-0.2, 0) is 9.47 Å². The largest absolute Gasteiger partial charge is 0.486 e. The van der Waals surface area contributed by atoms with Gasteiger partial charge in [-0.1, -0.05) is 7.43 Å². The fourth-order valence-electron chi connectivity index (χ4n) is 14.7. The van der Waals surface area contributed by atoms with Crippen LogP contribution in [0.1, 0.15) is 107 Å². The molecule has 0 aliphatic carbocycles. The molecule has 6 aliphatic heterocycles. The maximum Gasteiger partial charge on any atom is 0.410 e. The number of carbonyl (C=O) groups excluding carboxylic acids is 2. The van der Waals surface area contributed by atoms with Gasteiger partial charge in [-0.25, -0.2) is 65.8 Å². The minimum absolute atomic E-state index is 0. The molecular weight excluding hydrogens is 1660 g/mol. The molecule has 0 spiro atoms. The number of carbonyl (C=O) groups is 2. The van der Waals surface area contributed by atoms with Gasteiger partial charge in [0.05, 0.1) is 89.0 Å². The number of piperazine rings is 3. The van der Waals surface area contributed by atoms with Gasteiger partial charge in [0.1, 0.15) is 66.3 Å². The molecule has 28 nitrogen and oxygen atoms in total. The fourth-order valence-corrected chi connectivity index (χ4v) is 14.8. The summed E-state index contributed by atoms with van der Waals surface area (Å²) < 4.78 is 115. The highest BCUT2D eigenvalue weighted by atomic mass is 35.5. The summed E-state index contributed by atoms with van der Waals surface area (Å²) in [5.41, 5.74) is 12.8. The second-order valence-electron chi connectivity index (χ2n) is 32.4. The van der Waals surface area contributed by atoms with Crippen molar-refractivity contribution in [3.63, 3.8) is 0 Å². The lowest BCUT2D eigenvalue weighted by molar-refractivity contribution is 0.0230. The lowest BCUT2D eigenvalue weighted by Gasteiger charge is -2.37. The van der Waals surface area contributed by atoms with Crippen LogP contribution in [0.15, 0.2) is 110 Å². The number of nitrogen functional groups attached to an aromatic ring is 1. The first-order valence-corrected chi connectivity index (χ1v) is 40.8. The van der Waals surface area contributed by atoms with E-state index in [0.717, 1.165) is 61.8 Å². The van der Waals surface area contributed by atoms with Crippen LogP contribution >= 0.6 is 24.0 Å². The second-order valence-corrected chi connectivity index (χ2v) is 32.8. The molecule has 9 aromatic rings. The SMILES string of the molecule is C.CC(C)(C)OC(=O)N1CCN(c2ccc(N)cc2C#N)CC1.CC(C)N1CCOc2c(F)cc(-c3nc(Cl)ncc3F)cc21.CC(C)N1CCOc2c(F)cc(-c3nc(Nc4ccc(N5CCN(C(=O)OC(C)(C)C)CC5)c(C#N)c4)ncc3F)cc21.CC(C)N1CCOc2c(F)cc(-c3nc(Nc4ccc(N5CCNCC5)c(C#N)c4)ncc3F)cc21.Cl. The van der Waals surface area contributed by atoms with Crippen LogP contribution in [0, 0.1) is 68.9 Å². The van der Waals surface area contributed by atoms with Crippen molar-refractivity contribution < 1.29 is 59.6 Å². The number of ether oxygens (including phenoxy) is 5. The number of amides is 2. The molecule has 3 aromatic heterocycles. The van der Waals surface area contributed by atoms with Gasteiger partial charge in [0.15, 0.2) is 52.2 Å². The van der Waals surface area contributed by atoms with E-state index in [1.807, 2.05) is 127 Å². The minimum atomic E-state index is -0.698. The maximum atomic E-state index is 15.0. The molecule has 6 aromatic carbocycles. The Morgan fingerprint density at radius 2 is 0.784 bits per heavy atom. The van der Waals surface area contributed by atoms with E-state index in [2.05, 4.69) is 73.9 Å². The van der Waals surface area contributed by atoms with E-state index in [9.17, 15) is 47.3 Å². The molecule has 662 valence electrons. The van der Waals surface area contributed by atoms with Gasteiger partial charge in [0.25, 0.3) is 0 Å². The molecular formula is C89H103Cl2F6N21O7. The number of halogens is 8. The Morgan fingerprint density at radius 1 is 0.456 bits per heavy atom. The van der Waals surface area contributed by atoms with Gasteiger partial charge in [0, 0.05) is 130 Å². The Hall–Kier alpha value is -12.7. The summed E-state index contributed by atoms with van der Waals surface area (Å²) in [6.07, 6.45) is 2.42. The monoisotopic (exact) mass is 1760 g/mol. The number of benzene rings is 6. The smallest absolute Gasteiger partial charge is 0.410 e. The molecule has 0 unspecified atom stereocenters. The predicted octanol–water partition coefficient (Wildman–Crippen LogP) is 16.7. The van der Waals surface area contributed by atoms with E-state index in [0.29, 0.717) is 148 Å². The number of fused-ring (bicyclic) bond motifs is 3. The van der Waals surface area contributed by atoms with Gasteiger partial charge >= 0.3 is 12.2 Å². The molecule has 3 fully saturated rings. The number of nitrogens with two attached hydrogens (primary N) is 1. The zero-order chi connectivity index (χ0) is 88.3. The first-order valence-electron chi connectivity index (χ1n) is 40.4. The van der Waals surface area contributed by atoms with Gasteiger partial charge in [-0.15, -0.1) is 12.4 Å².